The second-order valence-corrected chi connectivity index (χ2v) is 4.87. The smallest absolute Gasteiger partial charge is 0.272 e. The van der Waals surface area contributed by atoms with Gasteiger partial charge >= 0.3 is 0 Å². The van der Waals surface area contributed by atoms with Gasteiger partial charge in [-0.2, -0.15) is 5.10 Å². The van der Waals surface area contributed by atoms with Crippen LogP contribution in [0.4, 0.5) is 5.69 Å². The summed E-state index contributed by atoms with van der Waals surface area (Å²) >= 11 is 0. The molecule has 4 rings (SSSR count). The zero-order chi connectivity index (χ0) is 14.2. The number of rotatable bonds is 2. The fourth-order valence-corrected chi connectivity index (χ4v) is 2.53. The molecule has 0 aliphatic heterocycles. The first kappa shape index (κ1) is 11.7. The first-order valence-corrected chi connectivity index (χ1v) is 6.62. The molecule has 3 N–H and O–H groups in total. The van der Waals surface area contributed by atoms with E-state index in [1.165, 1.54) is 0 Å². The predicted octanol–water partition coefficient (Wildman–Crippen LogP) is 3.30. The van der Waals surface area contributed by atoms with Gasteiger partial charge in [-0.3, -0.25) is 9.89 Å². The Labute approximate surface area is 120 Å². The molecular weight excluding hydrogens is 264 g/mol. The van der Waals surface area contributed by atoms with E-state index >= 15 is 0 Å². The number of carbonyl (C=O) groups is 1. The summed E-state index contributed by atoms with van der Waals surface area (Å²) in [6, 6.07) is 14.1. The van der Waals surface area contributed by atoms with Crippen LogP contribution in [0.15, 0.2) is 54.9 Å². The Hall–Kier alpha value is -3.08. The van der Waals surface area contributed by atoms with Gasteiger partial charge in [0.05, 0.1) is 11.9 Å². The van der Waals surface area contributed by atoms with Crippen molar-refractivity contribution < 1.29 is 4.79 Å². The van der Waals surface area contributed by atoms with E-state index in [-0.39, 0.29) is 5.91 Å². The largest absolute Gasteiger partial charge is 0.351 e. The van der Waals surface area contributed by atoms with Gasteiger partial charge in [0.15, 0.2) is 0 Å². The lowest BCUT2D eigenvalue weighted by Crippen LogP contribution is -2.11. The molecule has 0 saturated heterocycles. The molecular formula is C16H12N4O. The Balaban J connectivity index is 1.80. The Morgan fingerprint density at radius 3 is 2.86 bits per heavy atom. The second kappa shape index (κ2) is 4.49. The average molecular weight is 276 g/mol. The zero-order valence-electron chi connectivity index (χ0n) is 11.1. The number of carbonyl (C=O) groups excluding carboxylic acids is 1. The van der Waals surface area contributed by atoms with Crippen molar-refractivity contribution in [3.63, 3.8) is 0 Å². The van der Waals surface area contributed by atoms with Crippen LogP contribution in [0.25, 0.3) is 21.7 Å². The number of amides is 1. The van der Waals surface area contributed by atoms with Crippen molar-refractivity contribution in [2.24, 2.45) is 0 Å². The van der Waals surface area contributed by atoms with E-state index in [0.717, 1.165) is 21.7 Å². The number of aromatic nitrogens is 3. The number of H-pyrrole nitrogens is 2. The Bertz CT molecular complexity index is 937. The highest BCUT2D eigenvalue weighted by Gasteiger charge is 2.11. The molecule has 0 fully saturated rings. The molecule has 0 aliphatic carbocycles. The van der Waals surface area contributed by atoms with Crippen molar-refractivity contribution in [1.82, 2.24) is 15.2 Å². The summed E-state index contributed by atoms with van der Waals surface area (Å²) in [5, 5.41) is 12.6. The van der Waals surface area contributed by atoms with Crippen LogP contribution in [0, 0.1) is 0 Å². The lowest BCUT2D eigenvalue weighted by atomic mass is 10.1. The van der Waals surface area contributed by atoms with Crippen LogP contribution in [-0.2, 0) is 0 Å². The van der Waals surface area contributed by atoms with Crippen molar-refractivity contribution in [3.05, 3.63) is 60.6 Å². The minimum Gasteiger partial charge on any atom is -0.351 e. The van der Waals surface area contributed by atoms with Crippen LogP contribution in [0.2, 0.25) is 0 Å². The molecule has 0 aliphatic rings. The van der Waals surface area contributed by atoms with E-state index in [0.29, 0.717) is 11.4 Å². The van der Waals surface area contributed by atoms with Crippen LogP contribution in [0.1, 0.15) is 10.5 Å². The minimum atomic E-state index is -0.184. The maximum Gasteiger partial charge on any atom is 0.272 e. The van der Waals surface area contributed by atoms with Crippen molar-refractivity contribution in [2.75, 3.05) is 5.32 Å². The number of hydrogen-bond acceptors (Lipinski definition) is 2. The van der Waals surface area contributed by atoms with Crippen LogP contribution in [0.3, 0.4) is 0 Å². The number of fused-ring (bicyclic) bond motifs is 3. The van der Waals surface area contributed by atoms with Gasteiger partial charge in [0.1, 0.15) is 5.69 Å². The van der Waals surface area contributed by atoms with Gasteiger partial charge in [-0.15, -0.1) is 0 Å². The number of hydrogen-bond donors (Lipinski definition) is 3. The first-order chi connectivity index (χ1) is 10.3. The van der Waals surface area contributed by atoms with Crippen LogP contribution in [0.5, 0.6) is 0 Å². The number of anilines is 1. The Morgan fingerprint density at radius 2 is 2.00 bits per heavy atom. The predicted molar refractivity (Wildman–Crippen MR) is 82.3 cm³/mol. The lowest BCUT2D eigenvalue weighted by molar-refractivity contribution is 0.102. The van der Waals surface area contributed by atoms with Crippen molar-refractivity contribution in [1.29, 1.82) is 0 Å². The molecule has 0 atom stereocenters. The molecule has 21 heavy (non-hydrogen) atoms. The Morgan fingerprint density at radius 1 is 1.10 bits per heavy atom. The maximum absolute atomic E-state index is 12.2. The molecule has 1 amide bonds. The van der Waals surface area contributed by atoms with E-state index in [2.05, 4.69) is 32.6 Å². The van der Waals surface area contributed by atoms with Gasteiger partial charge in [0.25, 0.3) is 5.91 Å². The van der Waals surface area contributed by atoms with Crippen molar-refractivity contribution >= 4 is 33.3 Å². The summed E-state index contributed by atoms with van der Waals surface area (Å²) < 4.78 is 0. The van der Waals surface area contributed by atoms with E-state index < -0.39 is 0 Å². The standard InChI is InChI=1S/C16H12N4O/c21-16(19-11-8-17-18-9-11)15-7-13-12-4-2-1-3-10(12)5-6-14(13)20-15/h1-9,20H,(H,17,18)(H,19,21). The van der Waals surface area contributed by atoms with E-state index in [9.17, 15) is 4.79 Å². The minimum absolute atomic E-state index is 0.184. The quantitative estimate of drug-likeness (QED) is 0.525. The highest BCUT2D eigenvalue weighted by molar-refractivity contribution is 6.12. The number of nitrogens with one attached hydrogen (secondary N) is 3. The molecule has 2 aromatic heterocycles. The van der Waals surface area contributed by atoms with Crippen LogP contribution < -0.4 is 5.32 Å². The zero-order valence-corrected chi connectivity index (χ0v) is 11.1. The summed E-state index contributed by atoms with van der Waals surface area (Å²) in [4.78, 5) is 15.4. The van der Waals surface area contributed by atoms with Crippen molar-refractivity contribution in [2.45, 2.75) is 0 Å². The molecule has 2 aromatic carbocycles. The summed E-state index contributed by atoms with van der Waals surface area (Å²) in [5.41, 5.74) is 2.12. The Kier molecular flexibility index (Phi) is 2.50. The summed E-state index contributed by atoms with van der Waals surface area (Å²) in [5.74, 6) is -0.184. The van der Waals surface area contributed by atoms with Crippen LogP contribution in [-0.4, -0.2) is 21.1 Å². The second-order valence-electron chi connectivity index (χ2n) is 4.87. The fraction of sp³-hybridized carbons (Fsp3) is 0. The first-order valence-electron chi connectivity index (χ1n) is 6.62. The lowest BCUT2D eigenvalue weighted by Gasteiger charge is -1.98. The van der Waals surface area contributed by atoms with E-state index in [1.807, 2.05) is 30.3 Å². The molecule has 0 unspecified atom stereocenters. The molecule has 4 aromatic rings. The number of nitrogens with zero attached hydrogens (tertiary/aromatic N) is 1. The molecule has 0 spiro atoms. The third kappa shape index (κ3) is 1.95. The van der Waals surface area contributed by atoms with Crippen molar-refractivity contribution in [3.8, 4) is 0 Å². The van der Waals surface area contributed by atoms with Gasteiger partial charge in [0.2, 0.25) is 0 Å². The molecule has 0 bridgehead atoms. The highest BCUT2D eigenvalue weighted by atomic mass is 16.1. The van der Waals surface area contributed by atoms with E-state index in [4.69, 9.17) is 0 Å². The highest BCUT2D eigenvalue weighted by Crippen LogP contribution is 2.26. The summed E-state index contributed by atoms with van der Waals surface area (Å²) in [7, 11) is 0. The number of benzene rings is 2. The van der Waals surface area contributed by atoms with Gasteiger partial charge in [-0.25, -0.2) is 0 Å². The molecule has 0 saturated carbocycles. The summed E-state index contributed by atoms with van der Waals surface area (Å²) in [6.45, 7) is 0. The molecule has 2 heterocycles. The van der Waals surface area contributed by atoms with E-state index in [1.54, 1.807) is 12.4 Å². The van der Waals surface area contributed by atoms with Gasteiger partial charge in [0, 0.05) is 17.1 Å². The SMILES string of the molecule is O=C(Nc1cn[nH]c1)c1cc2c(ccc3ccccc32)[nH]1. The maximum atomic E-state index is 12.2. The molecule has 5 heteroatoms. The molecule has 5 nitrogen and oxygen atoms in total. The molecule has 0 radical (unpaired) electrons. The fourth-order valence-electron chi connectivity index (χ4n) is 2.53. The normalized spacial score (nSPS) is 11.0. The average Bonchev–Trinajstić information content (AvgIpc) is 3.15. The number of aromatic amines is 2. The topological polar surface area (TPSA) is 73.6 Å². The van der Waals surface area contributed by atoms with Gasteiger partial charge in [-0.05, 0) is 22.9 Å². The monoisotopic (exact) mass is 276 g/mol. The van der Waals surface area contributed by atoms with Gasteiger partial charge < -0.3 is 10.3 Å². The van der Waals surface area contributed by atoms with Gasteiger partial charge in [-0.1, -0.05) is 30.3 Å². The molecule has 102 valence electrons. The third-order valence-electron chi connectivity index (χ3n) is 3.53. The van der Waals surface area contributed by atoms with Crippen LogP contribution >= 0.6 is 0 Å². The third-order valence-corrected chi connectivity index (χ3v) is 3.53. The summed E-state index contributed by atoms with van der Waals surface area (Å²) in [6.07, 6.45) is 3.20.